The van der Waals surface area contributed by atoms with Crippen molar-refractivity contribution >= 4 is 17.6 Å². The Morgan fingerprint density at radius 2 is 1.89 bits per heavy atom. The molecule has 27 heavy (non-hydrogen) atoms. The van der Waals surface area contributed by atoms with Gasteiger partial charge in [0.15, 0.2) is 5.84 Å². The third kappa shape index (κ3) is 4.05. The zero-order valence-corrected chi connectivity index (χ0v) is 17.4. The van der Waals surface area contributed by atoms with Crippen LogP contribution in [0.1, 0.15) is 43.5 Å². The van der Waals surface area contributed by atoms with Crippen LogP contribution in [-0.4, -0.2) is 39.3 Å². The highest BCUT2D eigenvalue weighted by atomic mass is 32.2. The molecule has 1 aromatic heterocycles. The first-order valence-corrected chi connectivity index (χ1v) is 10.5. The first-order valence-electron chi connectivity index (χ1n) is 9.25. The lowest BCUT2D eigenvalue weighted by atomic mass is 10.1. The van der Waals surface area contributed by atoms with Crippen molar-refractivity contribution in [3.8, 4) is 11.6 Å². The molecule has 0 saturated carbocycles. The first-order chi connectivity index (χ1) is 12.9. The Kier molecular flexibility index (Phi) is 5.95. The predicted octanol–water partition coefficient (Wildman–Crippen LogP) is 5.22. The molecular weight excluding hydrogens is 358 g/mol. The van der Waals surface area contributed by atoms with E-state index >= 15 is 0 Å². The van der Waals surface area contributed by atoms with E-state index in [9.17, 15) is 5.21 Å². The summed E-state index contributed by atoms with van der Waals surface area (Å²) in [6.45, 7) is 8.30. The maximum Gasteiger partial charge on any atom is 0.230 e. The number of rotatable bonds is 4. The molecule has 2 atom stereocenters. The summed E-state index contributed by atoms with van der Waals surface area (Å²) in [6, 6.07) is 10.5. The van der Waals surface area contributed by atoms with Crippen molar-refractivity contribution in [2.45, 2.75) is 57.5 Å². The molecule has 144 valence electrons. The number of pyridine rings is 1. The minimum Gasteiger partial charge on any atom is -0.438 e. The van der Waals surface area contributed by atoms with Gasteiger partial charge in [-0.15, -0.1) is 11.8 Å². The van der Waals surface area contributed by atoms with Crippen LogP contribution in [0.3, 0.4) is 0 Å². The minimum absolute atomic E-state index is 0.308. The second-order valence-electron chi connectivity index (χ2n) is 7.15. The van der Waals surface area contributed by atoms with Crippen LogP contribution in [0.25, 0.3) is 0 Å². The number of aromatic nitrogens is 1. The average molecular weight is 386 g/mol. The molecule has 1 fully saturated rings. The Balaban J connectivity index is 1.99. The molecule has 1 N–H and O–H groups in total. The van der Waals surface area contributed by atoms with E-state index in [0.717, 1.165) is 29.8 Å². The summed E-state index contributed by atoms with van der Waals surface area (Å²) in [5.41, 5.74) is 2.72. The molecule has 0 amide bonds. The van der Waals surface area contributed by atoms with Crippen molar-refractivity contribution in [2.75, 3.05) is 6.26 Å². The summed E-state index contributed by atoms with van der Waals surface area (Å²) >= 11 is 1.71. The van der Waals surface area contributed by atoms with Crippen molar-refractivity contribution in [3.05, 3.63) is 47.2 Å². The fourth-order valence-electron chi connectivity index (χ4n) is 3.66. The highest BCUT2D eigenvalue weighted by Gasteiger charge is 2.32. The van der Waals surface area contributed by atoms with Gasteiger partial charge in [0.05, 0.1) is 5.56 Å². The molecule has 1 aliphatic heterocycles. The second kappa shape index (κ2) is 8.21. The molecule has 3 rings (SSSR count). The third-order valence-corrected chi connectivity index (χ3v) is 6.01. The Labute approximate surface area is 165 Å². The fourth-order valence-corrected chi connectivity index (χ4v) is 4.25. The zero-order valence-electron chi connectivity index (χ0n) is 16.6. The Hall–Kier alpha value is -2.21. The van der Waals surface area contributed by atoms with E-state index in [4.69, 9.17) is 4.74 Å². The summed E-state index contributed by atoms with van der Waals surface area (Å²) in [5, 5.41) is 13.4. The summed E-state index contributed by atoms with van der Waals surface area (Å²) in [4.78, 5) is 7.96. The van der Waals surface area contributed by atoms with Crippen molar-refractivity contribution in [1.82, 2.24) is 9.88 Å². The zero-order chi connectivity index (χ0) is 19.6. The van der Waals surface area contributed by atoms with Gasteiger partial charge in [0.1, 0.15) is 5.75 Å². The summed E-state index contributed by atoms with van der Waals surface area (Å²) in [7, 11) is 0. The molecule has 2 unspecified atom stereocenters. The molecular formula is C21H27N3O2S. The predicted molar refractivity (Wildman–Crippen MR) is 110 cm³/mol. The fraction of sp³-hybridized carbons (Fsp3) is 0.429. The molecule has 1 saturated heterocycles. The van der Waals surface area contributed by atoms with E-state index in [1.54, 1.807) is 11.8 Å². The van der Waals surface area contributed by atoms with E-state index in [2.05, 4.69) is 48.1 Å². The van der Waals surface area contributed by atoms with Gasteiger partial charge in [-0.25, -0.2) is 4.98 Å². The van der Waals surface area contributed by atoms with Crippen molar-refractivity contribution in [1.29, 1.82) is 0 Å². The minimum atomic E-state index is 0.308. The topological polar surface area (TPSA) is 58.0 Å². The van der Waals surface area contributed by atoms with E-state index in [-0.39, 0.29) is 0 Å². The Bertz CT molecular complexity index is 843. The monoisotopic (exact) mass is 385 g/mol. The molecule has 2 heterocycles. The van der Waals surface area contributed by atoms with Crippen LogP contribution in [0, 0.1) is 13.8 Å². The number of benzene rings is 1. The molecule has 6 heteroatoms. The average Bonchev–Trinajstić information content (AvgIpc) is 2.97. The number of hydrogen-bond acceptors (Lipinski definition) is 5. The normalized spacial score (nSPS) is 20.2. The van der Waals surface area contributed by atoms with Crippen LogP contribution < -0.4 is 4.74 Å². The number of hydrogen-bond donors (Lipinski definition) is 1. The smallest absolute Gasteiger partial charge is 0.230 e. The molecule has 5 nitrogen and oxygen atoms in total. The number of thioether (sulfide) groups is 1. The molecule has 2 aromatic rings. The van der Waals surface area contributed by atoms with Gasteiger partial charge in [-0.3, -0.25) is 0 Å². The van der Waals surface area contributed by atoms with E-state index in [1.165, 1.54) is 4.90 Å². The highest BCUT2D eigenvalue weighted by Crippen LogP contribution is 2.32. The van der Waals surface area contributed by atoms with Crippen LogP contribution >= 0.6 is 11.8 Å². The largest absolute Gasteiger partial charge is 0.438 e. The highest BCUT2D eigenvalue weighted by molar-refractivity contribution is 7.98. The summed E-state index contributed by atoms with van der Waals surface area (Å²) in [6.07, 6.45) is 4.21. The molecule has 0 radical (unpaired) electrons. The van der Waals surface area contributed by atoms with Gasteiger partial charge >= 0.3 is 0 Å². The lowest BCUT2D eigenvalue weighted by molar-refractivity contribution is 0.282. The van der Waals surface area contributed by atoms with Crippen LogP contribution in [-0.2, 0) is 0 Å². The van der Waals surface area contributed by atoms with E-state index in [0.29, 0.717) is 29.4 Å². The maximum absolute atomic E-state index is 9.81. The number of amidine groups is 1. The lowest BCUT2D eigenvalue weighted by Crippen LogP contribution is -2.39. The number of aryl methyl sites for hydroxylation is 2. The Morgan fingerprint density at radius 1 is 1.19 bits per heavy atom. The maximum atomic E-state index is 9.81. The second-order valence-corrected chi connectivity index (χ2v) is 7.99. The number of likely N-dealkylation sites (tertiary alicyclic amines) is 1. The van der Waals surface area contributed by atoms with Gasteiger partial charge in [0.25, 0.3) is 0 Å². The van der Waals surface area contributed by atoms with Gasteiger partial charge in [-0.05, 0) is 82.7 Å². The lowest BCUT2D eigenvalue weighted by Gasteiger charge is -2.29. The van der Waals surface area contributed by atoms with Crippen LogP contribution in [0.5, 0.6) is 11.6 Å². The molecule has 1 aromatic carbocycles. The van der Waals surface area contributed by atoms with Gasteiger partial charge in [0, 0.05) is 22.7 Å². The standard InChI is InChI=1S/C21H27N3O2S/c1-13-12-17(9-11-19(13)27-5)26-21-18(10-6-14(2)22-21)20(23-25)24-15(3)7-8-16(24)4/h6,9-12,15-16,25H,7-8H2,1-5H3/b23-20-. The Morgan fingerprint density at radius 3 is 2.48 bits per heavy atom. The number of nitrogens with zero attached hydrogens (tertiary/aromatic N) is 3. The number of ether oxygens (including phenoxy) is 1. The van der Waals surface area contributed by atoms with E-state index in [1.807, 2.05) is 31.2 Å². The van der Waals surface area contributed by atoms with Gasteiger partial charge in [-0.2, -0.15) is 0 Å². The van der Waals surface area contributed by atoms with Crippen molar-refractivity contribution < 1.29 is 9.94 Å². The summed E-state index contributed by atoms with van der Waals surface area (Å²) in [5.74, 6) is 1.71. The quantitative estimate of drug-likeness (QED) is 0.257. The molecule has 0 aliphatic carbocycles. The van der Waals surface area contributed by atoms with Crippen LogP contribution in [0.2, 0.25) is 0 Å². The van der Waals surface area contributed by atoms with Gasteiger partial charge in [0.2, 0.25) is 5.88 Å². The van der Waals surface area contributed by atoms with Crippen LogP contribution in [0.15, 0.2) is 40.4 Å². The molecule has 0 bridgehead atoms. The molecule has 0 spiro atoms. The summed E-state index contributed by atoms with van der Waals surface area (Å²) < 4.78 is 6.14. The van der Waals surface area contributed by atoms with Crippen LogP contribution in [0.4, 0.5) is 0 Å². The SMILES string of the molecule is CSc1ccc(Oc2nc(C)ccc2/C(=N/O)N2C(C)CCC2C)cc1C. The van der Waals surface area contributed by atoms with E-state index < -0.39 is 0 Å². The third-order valence-electron chi connectivity index (χ3n) is 5.11. The number of oxime groups is 1. The molecule has 1 aliphatic rings. The first kappa shape index (κ1) is 19.5. The van der Waals surface area contributed by atoms with Crippen molar-refractivity contribution in [2.24, 2.45) is 5.16 Å². The van der Waals surface area contributed by atoms with Crippen molar-refractivity contribution in [3.63, 3.8) is 0 Å². The van der Waals surface area contributed by atoms with Gasteiger partial charge < -0.3 is 14.8 Å². The van der Waals surface area contributed by atoms with Gasteiger partial charge in [-0.1, -0.05) is 5.16 Å².